The van der Waals surface area contributed by atoms with Crippen molar-refractivity contribution in [3.63, 3.8) is 0 Å². The second kappa shape index (κ2) is 4.64. The minimum atomic E-state index is -0.165. The zero-order valence-corrected chi connectivity index (χ0v) is 11.0. The van der Waals surface area contributed by atoms with E-state index in [0.717, 1.165) is 11.4 Å². The Labute approximate surface area is 109 Å². The van der Waals surface area contributed by atoms with Crippen molar-refractivity contribution in [2.75, 3.05) is 0 Å². The molecular weight excluding hydrogens is 259 g/mol. The first-order valence-corrected chi connectivity index (χ1v) is 5.89. The second-order valence-corrected chi connectivity index (χ2v) is 4.70. The van der Waals surface area contributed by atoms with E-state index in [4.69, 9.17) is 28.9 Å². The molecule has 0 aliphatic rings. The van der Waals surface area contributed by atoms with E-state index in [9.17, 15) is 0 Å². The Hall–Kier alpha value is -1.10. The highest BCUT2D eigenvalue weighted by molar-refractivity contribution is 6.34. The highest BCUT2D eigenvalue weighted by Crippen LogP contribution is 2.25. The third-order valence-electron chi connectivity index (χ3n) is 2.50. The van der Waals surface area contributed by atoms with Crippen molar-refractivity contribution >= 4 is 23.2 Å². The first-order chi connectivity index (χ1) is 8.00. The maximum Gasteiger partial charge on any atom is 0.102 e. The average Bonchev–Trinajstić information content (AvgIpc) is 2.64. The summed E-state index contributed by atoms with van der Waals surface area (Å²) in [7, 11) is 0. The van der Waals surface area contributed by atoms with Crippen LogP contribution in [0, 0.1) is 6.92 Å². The van der Waals surface area contributed by atoms with Crippen molar-refractivity contribution in [2.24, 2.45) is 5.73 Å². The van der Waals surface area contributed by atoms with Gasteiger partial charge in [0.15, 0.2) is 0 Å². The fourth-order valence-corrected chi connectivity index (χ4v) is 2.00. The maximum atomic E-state index is 6.11. The van der Waals surface area contributed by atoms with Crippen LogP contribution in [0.3, 0.4) is 0 Å². The first kappa shape index (κ1) is 12.4. The van der Waals surface area contributed by atoms with Gasteiger partial charge in [0, 0.05) is 11.1 Å². The number of rotatable bonds is 2. The minimum absolute atomic E-state index is 0.165. The Morgan fingerprint density at radius 3 is 2.65 bits per heavy atom. The summed E-state index contributed by atoms with van der Waals surface area (Å²) in [5.41, 5.74) is 8.12. The van der Waals surface area contributed by atoms with Crippen molar-refractivity contribution in [3.05, 3.63) is 39.6 Å². The molecule has 0 saturated heterocycles. The van der Waals surface area contributed by atoms with Gasteiger partial charge in [-0.3, -0.25) is 0 Å². The largest absolute Gasteiger partial charge is 0.323 e. The van der Waals surface area contributed by atoms with Gasteiger partial charge in [0.25, 0.3) is 0 Å². The number of nitrogens with two attached hydrogens (primary N) is 1. The minimum Gasteiger partial charge on any atom is -0.323 e. The number of nitrogens with zero attached hydrogens (tertiary/aromatic N) is 3. The summed E-state index contributed by atoms with van der Waals surface area (Å²) in [5, 5.41) is 9.27. The normalized spacial score (nSPS) is 12.8. The van der Waals surface area contributed by atoms with Crippen molar-refractivity contribution in [3.8, 4) is 5.69 Å². The summed E-state index contributed by atoms with van der Waals surface area (Å²) in [6, 6.07) is 5.04. The molecule has 1 aromatic heterocycles. The van der Waals surface area contributed by atoms with Gasteiger partial charge >= 0.3 is 0 Å². The van der Waals surface area contributed by atoms with E-state index in [0.29, 0.717) is 15.7 Å². The summed E-state index contributed by atoms with van der Waals surface area (Å²) < 4.78 is 1.65. The smallest absolute Gasteiger partial charge is 0.102 e. The van der Waals surface area contributed by atoms with Crippen LogP contribution in [-0.2, 0) is 0 Å². The molecule has 1 aromatic carbocycles. The molecule has 2 N–H and O–H groups in total. The monoisotopic (exact) mass is 270 g/mol. The Balaban J connectivity index is 2.57. The quantitative estimate of drug-likeness (QED) is 0.913. The van der Waals surface area contributed by atoms with E-state index < -0.39 is 0 Å². The van der Waals surface area contributed by atoms with Crippen LogP contribution in [0.4, 0.5) is 0 Å². The first-order valence-electron chi connectivity index (χ1n) is 5.14. The van der Waals surface area contributed by atoms with Gasteiger partial charge in [0.05, 0.1) is 16.4 Å². The van der Waals surface area contributed by atoms with Gasteiger partial charge in [-0.25, -0.2) is 4.68 Å². The van der Waals surface area contributed by atoms with Crippen LogP contribution >= 0.6 is 23.2 Å². The molecule has 0 aliphatic carbocycles. The molecule has 90 valence electrons. The lowest BCUT2D eigenvalue weighted by Crippen LogP contribution is -2.08. The van der Waals surface area contributed by atoms with Crippen LogP contribution in [-0.4, -0.2) is 15.0 Å². The number of hydrogen-bond acceptors (Lipinski definition) is 3. The van der Waals surface area contributed by atoms with Crippen molar-refractivity contribution < 1.29 is 0 Å². The number of benzene rings is 1. The van der Waals surface area contributed by atoms with Crippen molar-refractivity contribution in [1.29, 1.82) is 0 Å². The molecule has 0 amide bonds. The number of hydrogen-bond donors (Lipinski definition) is 1. The van der Waals surface area contributed by atoms with Gasteiger partial charge in [-0.15, -0.1) is 5.10 Å². The third-order valence-corrected chi connectivity index (χ3v) is 3.05. The van der Waals surface area contributed by atoms with Crippen LogP contribution in [0.5, 0.6) is 0 Å². The van der Waals surface area contributed by atoms with Crippen LogP contribution in [0.2, 0.25) is 10.0 Å². The molecule has 4 nitrogen and oxygen atoms in total. The summed E-state index contributed by atoms with van der Waals surface area (Å²) in [6.45, 7) is 3.76. The van der Waals surface area contributed by atoms with E-state index >= 15 is 0 Å². The molecule has 1 heterocycles. The summed E-state index contributed by atoms with van der Waals surface area (Å²) in [4.78, 5) is 0. The van der Waals surface area contributed by atoms with E-state index in [1.165, 1.54) is 0 Å². The molecule has 0 bridgehead atoms. The molecule has 17 heavy (non-hydrogen) atoms. The summed E-state index contributed by atoms with van der Waals surface area (Å²) >= 11 is 12.1. The van der Waals surface area contributed by atoms with E-state index in [2.05, 4.69) is 10.3 Å². The molecule has 0 spiro atoms. The number of halogens is 2. The standard InChI is InChI=1S/C11H12Cl2N4/c1-6(14)11-7(2)17(16-15-11)10-5-8(12)3-4-9(10)13/h3-6H,14H2,1-2H3. The molecule has 1 unspecified atom stereocenters. The molecule has 0 radical (unpaired) electrons. The van der Waals surface area contributed by atoms with Gasteiger partial charge in [-0.1, -0.05) is 28.4 Å². The van der Waals surface area contributed by atoms with Crippen LogP contribution in [0.15, 0.2) is 18.2 Å². The molecule has 2 rings (SSSR count). The lowest BCUT2D eigenvalue weighted by Gasteiger charge is -2.07. The van der Waals surface area contributed by atoms with Crippen LogP contribution in [0.25, 0.3) is 5.69 Å². The van der Waals surface area contributed by atoms with E-state index in [1.54, 1.807) is 22.9 Å². The lowest BCUT2D eigenvalue weighted by atomic mass is 10.2. The predicted octanol–water partition coefficient (Wildman–Crippen LogP) is 2.90. The maximum absolute atomic E-state index is 6.11. The van der Waals surface area contributed by atoms with E-state index in [1.807, 2.05) is 13.8 Å². The molecule has 6 heteroatoms. The lowest BCUT2D eigenvalue weighted by molar-refractivity contribution is 0.756. The fourth-order valence-electron chi connectivity index (χ4n) is 1.64. The summed E-state index contributed by atoms with van der Waals surface area (Å²) in [6.07, 6.45) is 0. The molecule has 0 fully saturated rings. The Morgan fingerprint density at radius 1 is 1.35 bits per heavy atom. The van der Waals surface area contributed by atoms with Crippen molar-refractivity contribution in [1.82, 2.24) is 15.0 Å². The van der Waals surface area contributed by atoms with Gasteiger partial charge < -0.3 is 5.73 Å². The molecule has 0 saturated carbocycles. The Kier molecular flexibility index (Phi) is 3.38. The number of aromatic nitrogens is 3. The molecule has 2 aromatic rings. The molecule has 1 atom stereocenters. The van der Waals surface area contributed by atoms with Gasteiger partial charge in [0.1, 0.15) is 5.69 Å². The van der Waals surface area contributed by atoms with Gasteiger partial charge in [0.2, 0.25) is 0 Å². The molecular formula is C11H12Cl2N4. The zero-order valence-electron chi connectivity index (χ0n) is 9.48. The van der Waals surface area contributed by atoms with Gasteiger partial charge in [-0.05, 0) is 32.0 Å². The predicted molar refractivity (Wildman–Crippen MR) is 68.7 cm³/mol. The highest BCUT2D eigenvalue weighted by Gasteiger charge is 2.15. The topological polar surface area (TPSA) is 56.7 Å². The Bertz CT molecular complexity index is 548. The van der Waals surface area contributed by atoms with E-state index in [-0.39, 0.29) is 6.04 Å². The van der Waals surface area contributed by atoms with Gasteiger partial charge in [-0.2, -0.15) is 0 Å². The van der Waals surface area contributed by atoms with Crippen LogP contribution < -0.4 is 5.73 Å². The third kappa shape index (κ3) is 2.29. The summed E-state index contributed by atoms with van der Waals surface area (Å²) in [5.74, 6) is 0. The molecule has 0 aliphatic heterocycles. The second-order valence-electron chi connectivity index (χ2n) is 3.86. The van der Waals surface area contributed by atoms with Crippen LogP contribution in [0.1, 0.15) is 24.4 Å². The Morgan fingerprint density at radius 2 is 2.06 bits per heavy atom. The fraction of sp³-hybridized carbons (Fsp3) is 0.273. The average molecular weight is 271 g/mol. The zero-order chi connectivity index (χ0) is 12.6. The highest BCUT2D eigenvalue weighted by atomic mass is 35.5. The van der Waals surface area contributed by atoms with Crippen molar-refractivity contribution in [2.45, 2.75) is 19.9 Å². The SMILES string of the molecule is Cc1c(C(C)N)nnn1-c1cc(Cl)ccc1Cl.